The Labute approximate surface area is 141 Å². The number of nitrogens with zero attached hydrogens (tertiary/aromatic N) is 2. The summed E-state index contributed by atoms with van der Waals surface area (Å²) < 4.78 is 24.9. The van der Waals surface area contributed by atoms with Gasteiger partial charge in [0, 0.05) is 17.1 Å². The standard InChI is InChI=1S/C17H21N3O3S/c1-2-7-17(8-10-24(22,23)11-9-17)18-16(21)13-20-12-14-5-3-4-6-15(14)19-20/h2-6,12H,1,7-11,13H2,(H,18,21). The number of aromatic nitrogens is 2. The van der Waals surface area contributed by atoms with E-state index in [0.717, 1.165) is 10.9 Å². The van der Waals surface area contributed by atoms with Crippen LogP contribution < -0.4 is 5.32 Å². The van der Waals surface area contributed by atoms with Gasteiger partial charge in [-0.25, -0.2) is 8.42 Å². The number of fused-ring (bicyclic) bond motifs is 1. The second kappa shape index (κ2) is 6.39. The maximum absolute atomic E-state index is 12.4. The summed E-state index contributed by atoms with van der Waals surface area (Å²) in [5.74, 6) is 0.0449. The maximum atomic E-state index is 12.4. The second-order valence-electron chi connectivity index (χ2n) is 6.36. The van der Waals surface area contributed by atoms with Crippen LogP contribution in [-0.2, 0) is 21.2 Å². The maximum Gasteiger partial charge on any atom is 0.242 e. The van der Waals surface area contributed by atoms with Gasteiger partial charge < -0.3 is 5.32 Å². The Morgan fingerprint density at radius 3 is 2.71 bits per heavy atom. The number of carbonyl (C=O) groups is 1. The molecule has 1 aromatic carbocycles. The highest BCUT2D eigenvalue weighted by Crippen LogP contribution is 2.27. The van der Waals surface area contributed by atoms with E-state index in [2.05, 4.69) is 17.0 Å². The first kappa shape index (κ1) is 16.7. The van der Waals surface area contributed by atoms with Gasteiger partial charge in [-0.15, -0.1) is 6.58 Å². The van der Waals surface area contributed by atoms with Gasteiger partial charge in [0.05, 0.1) is 17.0 Å². The zero-order chi connectivity index (χ0) is 17.2. The smallest absolute Gasteiger partial charge is 0.242 e. The van der Waals surface area contributed by atoms with Gasteiger partial charge >= 0.3 is 0 Å². The van der Waals surface area contributed by atoms with Crippen molar-refractivity contribution in [2.75, 3.05) is 11.5 Å². The molecule has 2 aromatic rings. The summed E-state index contributed by atoms with van der Waals surface area (Å²) in [5, 5.41) is 8.39. The molecule has 3 rings (SSSR count). The van der Waals surface area contributed by atoms with E-state index in [4.69, 9.17) is 0 Å². The summed E-state index contributed by atoms with van der Waals surface area (Å²) in [6.07, 6.45) is 4.98. The molecule has 0 unspecified atom stereocenters. The van der Waals surface area contributed by atoms with E-state index in [-0.39, 0.29) is 24.0 Å². The Morgan fingerprint density at radius 1 is 1.33 bits per heavy atom. The largest absolute Gasteiger partial charge is 0.349 e. The van der Waals surface area contributed by atoms with Crippen LogP contribution in [0.4, 0.5) is 0 Å². The van der Waals surface area contributed by atoms with Crippen LogP contribution in [0.1, 0.15) is 19.3 Å². The third-order valence-corrected chi connectivity index (χ3v) is 6.14. The Morgan fingerprint density at radius 2 is 2.04 bits per heavy atom. The Balaban J connectivity index is 1.70. The number of nitrogens with one attached hydrogen (secondary N) is 1. The zero-order valence-corrected chi connectivity index (χ0v) is 14.3. The molecule has 128 valence electrons. The van der Waals surface area contributed by atoms with Gasteiger partial charge in [0.1, 0.15) is 16.4 Å². The van der Waals surface area contributed by atoms with Gasteiger partial charge in [0.25, 0.3) is 0 Å². The molecule has 6 nitrogen and oxygen atoms in total. The number of carbonyl (C=O) groups excluding carboxylic acids is 1. The van der Waals surface area contributed by atoms with Gasteiger partial charge in [-0.2, -0.15) is 5.10 Å². The molecular formula is C17H21N3O3S. The molecule has 1 amide bonds. The SMILES string of the molecule is C=CCC1(NC(=O)Cn2cc3ccccc3n2)CCS(=O)(=O)CC1. The quantitative estimate of drug-likeness (QED) is 0.835. The van der Waals surface area contributed by atoms with E-state index in [0.29, 0.717) is 19.3 Å². The minimum Gasteiger partial charge on any atom is -0.349 e. The molecule has 0 atom stereocenters. The molecule has 1 N–H and O–H groups in total. The lowest BCUT2D eigenvalue weighted by Gasteiger charge is -2.37. The third-order valence-electron chi connectivity index (χ3n) is 4.49. The molecule has 0 spiro atoms. The lowest BCUT2D eigenvalue weighted by atomic mass is 9.88. The van der Waals surface area contributed by atoms with Crippen LogP contribution in [0, 0.1) is 0 Å². The fourth-order valence-corrected chi connectivity index (χ4v) is 4.77. The monoisotopic (exact) mass is 347 g/mol. The molecule has 1 aliphatic rings. The molecule has 1 fully saturated rings. The summed E-state index contributed by atoms with van der Waals surface area (Å²) in [4.78, 5) is 12.4. The number of amides is 1. The summed E-state index contributed by atoms with van der Waals surface area (Å²) in [5.41, 5.74) is 0.325. The van der Waals surface area contributed by atoms with E-state index in [9.17, 15) is 13.2 Å². The van der Waals surface area contributed by atoms with E-state index >= 15 is 0 Å². The van der Waals surface area contributed by atoms with Crippen molar-refractivity contribution in [2.24, 2.45) is 0 Å². The molecule has 0 bridgehead atoms. The first-order valence-electron chi connectivity index (χ1n) is 7.96. The molecular weight excluding hydrogens is 326 g/mol. The first-order chi connectivity index (χ1) is 11.4. The van der Waals surface area contributed by atoms with Crippen molar-refractivity contribution in [1.29, 1.82) is 0 Å². The number of hydrogen-bond acceptors (Lipinski definition) is 4. The highest BCUT2D eigenvalue weighted by molar-refractivity contribution is 7.91. The number of hydrogen-bond donors (Lipinski definition) is 1. The average Bonchev–Trinajstić information content (AvgIpc) is 2.92. The summed E-state index contributed by atoms with van der Waals surface area (Å²) >= 11 is 0. The molecule has 24 heavy (non-hydrogen) atoms. The Hall–Kier alpha value is -2.15. The molecule has 7 heteroatoms. The molecule has 1 saturated heterocycles. The molecule has 0 saturated carbocycles. The predicted molar refractivity (Wildman–Crippen MR) is 93.3 cm³/mol. The van der Waals surface area contributed by atoms with Crippen LogP contribution in [0.5, 0.6) is 0 Å². The van der Waals surface area contributed by atoms with Crippen LogP contribution in [0.2, 0.25) is 0 Å². The van der Waals surface area contributed by atoms with Crippen molar-refractivity contribution in [1.82, 2.24) is 15.1 Å². The molecule has 0 radical (unpaired) electrons. The summed E-state index contributed by atoms with van der Waals surface area (Å²) in [6.45, 7) is 3.85. The van der Waals surface area contributed by atoms with Crippen LogP contribution in [0.15, 0.2) is 43.1 Å². The first-order valence-corrected chi connectivity index (χ1v) is 9.78. The normalized spacial score (nSPS) is 19.0. The van der Waals surface area contributed by atoms with Crippen molar-refractivity contribution in [2.45, 2.75) is 31.3 Å². The Kier molecular flexibility index (Phi) is 4.45. The van der Waals surface area contributed by atoms with Crippen molar-refractivity contribution in [3.05, 3.63) is 43.1 Å². The fourth-order valence-electron chi connectivity index (χ4n) is 3.16. The van der Waals surface area contributed by atoms with Crippen molar-refractivity contribution in [3.63, 3.8) is 0 Å². The Bertz CT molecular complexity index is 823. The highest BCUT2D eigenvalue weighted by Gasteiger charge is 2.37. The number of sulfone groups is 1. The molecule has 0 aliphatic carbocycles. The van der Waals surface area contributed by atoms with Gasteiger partial charge in [-0.1, -0.05) is 24.3 Å². The predicted octanol–water partition coefficient (Wildman–Crippen LogP) is 1.68. The number of benzene rings is 1. The lowest BCUT2D eigenvalue weighted by molar-refractivity contribution is -0.123. The highest BCUT2D eigenvalue weighted by atomic mass is 32.2. The average molecular weight is 347 g/mol. The minimum absolute atomic E-state index is 0.104. The van der Waals surface area contributed by atoms with E-state index < -0.39 is 15.4 Å². The molecule has 2 heterocycles. The second-order valence-corrected chi connectivity index (χ2v) is 8.66. The van der Waals surface area contributed by atoms with Crippen LogP contribution in [-0.4, -0.2) is 41.2 Å². The van der Waals surface area contributed by atoms with Gasteiger partial charge in [-0.3, -0.25) is 9.48 Å². The van der Waals surface area contributed by atoms with Crippen molar-refractivity contribution >= 4 is 26.6 Å². The fraction of sp³-hybridized carbons (Fsp3) is 0.412. The molecule has 1 aromatic heterocycles. The zero-order valence-electron chi connectivity index (χ0n) is 13.4. The molecule has 1 aliphatic heterocycles. The lowest BCUT2D eigenvalue weighted by Crippen LogP contribution is -2.53. The van der Waals surface area contributed by atoms with Gasteiger partial charge in [0.2, 0.25) is 5.91 Å². The van der Waals surface area contributed by atoms with Gasteiger partial charge in [-0.05, 0) is 25.3 Å². The third kappa shape index (κ3) is 3.67. The number of rotatable bonds is 5. The van der Waals surface area contributed by atoms with Crippen molar-refractivity contribution in [3.8, 4) is 0 Å². The van der Waals surface area contributed by atoms with Crippen LogP contribution >= 0.6 is 0 Å². The van der Waals surface area contributed by atoms with E-state index in [1.165, 1.54) is 0 Å². The van der Waals surface area contributed by atoms with Crippen LogP contribution in [0.25, 0.3) is 10.9 Å². The van der Waals surface area contributed by atoms with E-state index in [1.54, 1.807) is 10.8 Å². The topological polar surface area (TPSA) is 81.1 Å². The van der Waals surface area contributed by atoms with Gasteiger partial charge in [0.15, 0.2) is 0 Å². The minimum atomic E-state index is -2.99. The van der Waals surface area contributed by atoms with Crippen molar-refractivity contribution < 1.29 is 13.2 Å². The van der Waals surface area contributed by atoms with E-state index in [1.807, 2.05) is 30.5 Å². The summed E-state index contributed by atoms with van der Waals surface area (Å²) in [7, 11) is -2.99. The summed E-state index contributed by atoms with van der Waals surface area (Å²) in [6, 6.07) is 7.67. The van der Waals surface area contributed by atoms with Crippen LogP contribution in [0.3, 0.4) is 0 Å².